The molecular weight excluding hydrogens is 623 g/mol. The normalized spacial score (nSPS) is 17.4. The molecule has 0 aromatic heterocycles. The van der Waals surface area contributed by atoms with Gasteiger partial charge in [0.1, 0.15) is 0 Å². The first-order valence-corrected chi connectivity index (χ1v) is 19.1. The van der Waals surface area contributed by atoms with Crippen LogP contribution in [0.25, 0.3) is 0 Å². The van der Waals surface area contributed by atoms with E-state index in [0.717, 1.165) is 16.7 Å². The highest BCUT2D eigenvalue weighted by molar-refractivity contribution is 6.99. The molecular formula is C43H49NO4Si. The van der Waals surface area contributed by atoms with E-state index < -0.39 is 32.0 Å². The smallest absolute Gasteiger partial charge is 0.418 e. The van der Waals surface area contributed by atoms with Gasteiger partial charge in [-0.2, -0.15) is 0 Å². The second kappa shape index (κ2) is 14.9. The minimum atomic E-state index is -2.87. The van der Waals surface area contributed by atoms with E-state index in [1.54, 1.807) is 0 Å². The van der Waals surface area contributed by atoms with Gasteiger partial charge >= 0.3 is 6.09 Å². The molecule has 4 aromatic carbocycles. The van der Waals surface area contributed by atoms with Gasteiger partial charge in [-0.25, -0.2) is 9.69 Å². The molecule has 0 N–H and O–H groups in total. The number of imide groups is 1. The molecule has 0 radical (unpaired) electrons. The minimum absolute atomic E-state index is 0.0966. The molecule has 49 heavy (non-hydrogen) atoms. The number of hydrogen-bond donors (Lipinski definition) is 0. The van der Waals surface area contributed by atoms with Crippen molar-refractivity contribution in [1.29, 1.82) is 0 Å². The molecule has 0 aliphatic carbocycles. The van der Waals surface area contributed by atoms with Crippen molar-refractivity contribution in [2.24, 2.45) is 5.92 Å². The molecule has 0 saturated carbocycles. The Morgan fingerprint density at radius 3 is 1.69 bits per heavy atom. The summed E-state index contributed by atoms with van der Waals surface area (Å²) < 4.78 is 13.8. The third-order valence-electron chi connectivity index (χ3n) is 9.72. The first kappa shape index (κ1) is 35.8. The van der Waals surface area contributed by atoms with Gasteiger partial charge in [-0.15, -0.1) is 0 Å². The zero-order valence-electron chi connectivity index (χ0n) is 29.8. The molecule has 0 spiro atoms. The molecule has 1 fully saturated rings. The number of benzene rings is 4. The summed E-state index contributed by atoms with van der Waals surface area (Å²) in [5.41, 5.74) is 1.59. The highest BCUT2D eigenvalue weighted by Crippen LogP contribution is 2.47. The molecule has 1 heterocycles. The van der Waals surface area contributed by atoms with Crippen molar-refractivity contribution in [1.82, 2.24) is 4.90 Å². The van der Waals surface area contributed by atoms with E-state index in [9.17, 15) is 9.59 Å². The third kappa shape index (κ3) is 6.85. The standard InChI is InChI=1S/C43H49NO4Si/c1-8-33(4)38(48-49(42(5,6)7,36-26-17-11-18-27-36)37-28-19-12-20-29-37)30-21-31-39(45)44-40(32(2)3)43(47-41(44)46,34-22-13-9-14-23-34)35-24-15-10-16-25-35/h8-29,31-32,38,40H,30H2,1-7H3/b31-21+,33-8+/t38-,40?/m1/s1. The SMILES string of the molecule is C/C=C(\C)[C@@H](C/C=C/C(=O)N1C(=O)OC(c2ccccc2)(c2ccccc2)C1C(C)C)O[Si](c1ccccc1)(c1ccccc1)C(C)(C)C. The zero-order chi connectivity index (χ0) is 35.2. The van der Waals surface area contributed by atoms with Crippen LogP contribution >= 0.6 is 0 Å². The predicted octanol–water partition coefficient (Wildman–Crippen LogP) is 8.79. The van der Waals surface area contributed by atoms with E-state index >= 15 is 0 Å². The fraction of sp³-hybridized carbons (Fsp3) is 0.302. The minimum Gasteiger partial charge on any atom is -0.430 e. The van der Waals surface area contributed by atoms with Crippen molar-refractivity contribution in [2.45, 2.75) is 77.7 Å². The summed E-state index contributed by atoms with van der Waals surface area (Å²) in [6.07, 6.45) is 4.98. The highest BCUT2D eigenvalue weighted by atomic mass is 28.4. The molecule has 1 saturated heterocycles. The maximum atomic E-state index is 14.1. The van der Waals surface area contributed by atoms with Crippen LogP contribution in [-0.2, 0) is 19.6 Å². The van der Waals surface area contributed by atoms with Crippen LogP contribution < -0.4 is 10.4 Å². The molecule has 1 aliphatic heterocycles. The van der Waals surface area contributed by atoms with Gasteiger partial charge in [0.2, 0.25) is 0 Å². The number of nitrogens with zero attached hydrogens (tertiary/aromatic N) is 1. The van der Waals surface area contributed by atoms with E-state index in [2.05, 4.69) is 82.3 Å². The average molecular weight is 672 g/mol. The van der Waals surface area contributed by atoms with Gasteiger partial charge < -0.3 is 9.16 Å². The first-order chi connectivity index (χ1) is 23.5. The quantitative estimate of drug-likeness (QED) is 0.0909. The van der Waals surface area contributed by atoms with E-state index in [0.29, 0.717) is 6.42 Å². The van der Waals surface area contributed by atoms with Crippen LogP contribution in [0.2, 0.25) is 5.04 Å². The van der Waals surface area contributed by atoms with Crippen molar-refractivity contribution in [3.63, 3.8) is 0 Å². The lowest BCUT2D eigenvalue weighted by Gasteiger charge is -2.45. The number of carbonyl (C=O) groups excluding carboxylic acids is 2. The number of rotatable bonds is 11. The van der Waals surface area contributed by atoms with Crippen molar-refractivity contribution < 1.29 is 18.8 Å². The monoisotopic (exact) mass is 671 g/mol. The van der Waals surface area contributed by atoms with Crippen LogP contribution in [0.3, 0.4) is 0 Å². The lowest BCUT2D eigenvalue weighted by Crippen LogP contribution is -2.67. The number of allylic oxidation sites excluding steroid dienone is 1. The largest absolute Gasteiger partial charge is 0.430 e. The van der Waals surface area contributed by atoms with Crippen LogP contribution in [-0.4, -0.2) is 37.4 Å². The van der Waals surface area contributed by atoms with Crippen LogP contribution in [0.1, 0.15) is 66.0 Å². The predicted molar refractivity (Wildman–Crippen MR) is 201 cm³/mol. The number of carbonyl (C=O) groups is 2. The van der Waals surface area contributed by atoms with Gasteiger partial charge in [0.25, 0.3) is 14.2 Å². The van der Waals surface area contributed by atoms with E-state index in [1.165, 1.54) is 21.3 Å². The first-order valence-electron chi connectivity index (χ1n) is 17.2. The number of cyclic esters (lactones) is 1. The van der Waals surface area contributed by atoms with Crippen LogP contribution in [0, 0.1) is 5.92 Å². The van der Waals surface area contributed by atoms with Crippen LogP contribution in [0.5, 0.6) is 0 Å². The molecule has 254 valence electrons. The fourth-order valence-corrected chi connectivity index (χ4v) is 12.0. The molecule has 1 unspecified atom stereocenters. The summed E-state index contributed by atoms with van der Waals surface area (Å²) in [6.45, 7) is 14.9. The van der Waals surface area contributed by atoms with Gasteiger partial charge in [-0.1, -0.05) is 168 Å². The number of hydrogen-bond acceptors (Lipinski definition) is 4. The van der Waals surface area contributed by atoms with Gasteiger partial charge in [0.15, 0.2) is 5.60 Å². The van der Waals surface area contributed by atoms with Gasteiger partial charge in [0, 0.05) is 11.1 Å². The van der Waals surface area contributed by atoms with E-state index in [-0.39, 0.29) is 17.1 Å². The Hall–Kier alpha value is -4.52. The molecule has 4 aromatic rings. The molecule has 5 nitrogen and oxygen atoms in total. The maximum absolute atomic E-state index is 14.1. The molecule has 0 bridgehead atoms. The van der Waals surface area contributed by atoms with Gasteiger partial charge in [-0.3, -0.25) is 4.79 Å². The third-order valence-corrected chi connectivity index (χ3v) is 14.8. The second-order valence-electron chi connectivity index (χ2n) is 14.2. The lowest BCUT2D eigenvalue weighted by atomic mass is 9.75. The summed E-state index contributed by atoms with van der Waals surface area (Å²) in [4.78, 5) is 29.2. The van der Waals surface area contributed by atoms with Crippen molar-refractivity contribution in [3.05, 3.63) is 156 Å². The fourth-order valence-electron chi connectivity index (χ4n) is 7.33. The summed E-state index contributed by atoms with van der Waals surface area (Å²) in [5.74, 6) is -0.500. The van der Waals surface area contributed by atoms with Crippen molar-refractivity contribution in [3.8, 4) is 0 Å². The van der Waals surface area contributed by atoms with Gasteiger partial charge in [-0.05, 0) is 53.2 Å². The second-order valence-corrected chi connectivity index (χ2v) is 18.4. The lowest BCUT2D eigenvalue weighted by molar-refractivity contribution is -0.125. The average Bonchev–Trinajstić information content (AvgIpc) is 3.44. The Morgan fingerprint density at radius 2 is 1.29 bits per heavy atom. The zero-order valence-corrected chi connectivity index (χ0v) is 30.8. The van der Waals surface area contributed by atoms with E-state index in [1.807, 2.05) is 99.6 Å². The van der Waals surface area contributed by atoms with Crippen molar-refractivity contribution in [2.75, 3.05) is 0 Å². The Labute approximate surface area is 293 Å². The molecule has 2 amide bonds. The molecule has 5 rings (SSSR count). The summed E-state index contributed by atoms with van der Waals surface area (Å²) in [6, 6.07) is 40.0. The Bertz CT molecular complexity index is 1680. The number of ether oxygens (including phenoxy) is 1. The van der Waals surface area contributed by atoms with Crippen LogP contribution in [0.15, 0.2) is 145 Å². The van der Waals surface area contributed by atoms with E-state index in [4.69, 9.17) is 9.16 Å². The van der Waals surface area contributed by atoms with Gasteiger partial charge in [0.05, 0.1) is 12.1 Å². The summed E-state index contributed by atoms with van der Waals surface area (Å²) in [5, 5.41) is 2.18. The maximum Gasteiger partial charge on any atom is 0.418 e. The Morgan fingerprint density at radius 1 is 0.837 bits per heavy atom. The number of amides is 2. The van der Waals surface area contributed by atoms with Crippen molar-refractivity contribution >= 4 is 30.7 Å². The molecule has 1 aliphatic rings. The highest BCUT2D eigenvalue weighted by Gasteiger charge is 2.59. The molecule has 2 atom stereocenters. The summed E-state index contributed by atoms with van der Waals surface area (Å²) in [7, 11) is -2.87. The summed E-state index contributed by atoms with van der Waals surface area (Å²) >= 11 is 0. The Balaban J connectivity index is 1.50. The topological polar surface area (TPSA) is 55.8 Å². The Kier molecular flexibility index (Phi) is 10.9. The molecule has 6 heteroatoms. The van der Waals surface area contributed by atoms with Crippen LogP contribution in [0.4, 0.5) is 4.79 Å².